The molecule has 0 aliphatic heterocycles. The highest BCUT2D eigenvalue weighted by Crippen LogP contribution is 2.24. The number of amides is 1. The minimum Gasteiger partial charge on any atom is -0.484 e. The molecule has 0 spiro atoms. The van der Waals surface area contributed by atoms with Crippen LogP contribution in [0.4, 0.5) is 4.39 Å². The summed E-state index contributed by atoms with van der Waals surface area (Å²) < 4.78 is 18.8. The molecule has 2 aromatic rings. The number of carbonyl (C=O) groups excluding carboxylic acids is 1. The van der Waals surface area contributed by atoms with Crippen LogP contribution >= 0.6 is 0 Å². The summed E-state index contributed by atoms with van der Waals surface area (Å²) in [6, 6.07) is 15.2. The highest BCUT2D eigenvalue weighted by molar-refractivity contribution is 5.78. The molecule has 2 aromatic carbocycles. The SMILES string of the molecule is N#Cc1ccc(OCC(=O)N(Cc2ccc(F)cc2)C2CCCCC2)cc1. The summed E-state index contributed by atoms with van der Waals surface area (Å²) >= 11 is 0. The lowest BCUT2D eigenvalue weighted by Gasteiger charge is -2.34. The third-order valence-corrected chi connectivity index (χ3v) is 4.95. The molecule has 0 saturated heterocycles. The maximum atomic E-state index is 13.2. The fourth-order valence-corrected chi connectivity index (χ4v) is 3.45. The fourth-order valence-electron chi connectivity index (χ4n) is 3.45. The summed E-state index contributed by atoms with van der Waals surface area (Å²) in [6.07, 6.45) is 5.42. The standard InChI is InChI=1S/C22H23FN2O2/c23-19-10-6-18(7-11-19)15-25(20-4-2-1-3-5-20)22(26)16-27-21-12-8-17(14-24)9-13-21/h6-13,20H,1-5,15-16H2. The van der Waals surface area contributed by atoms with Gasteiger partial charge in [0.15, 0.2) is 6.61 Å². The zero-order chi connectivity index (χ0) is 19.1. The smallest absolute Gasteiger partial charge is 0.261 e. The molecule has 0 N–H and O–H groups in total. The summed E-state index contributed by atoms with van der Waals surface area (Å²) in [5, 5.41) is 8.85. The first-order valence-corrected chi connectivity index (χ1v) is 9.32. The number of ether oxygens (including phenoxy) is 1. The van der Waals surface area contributed by atoms with E-state index in [-0.39, 0.29) is 24.4 Å². The van der Waals surface area contributed by atoms with Crippen molar-refractivity contribution in [2.75, 3.05) is 6.61 Å². The Morgan fingerprint density at radius 2 is 1.74 bits per heavy atom. The van der Waals surface area contributed by atoms with Gasteiger partial charge < -0.3 is 9.64 Å². The lowest BCUT2D eigenvalue weighted by atomic mass is 9.93. The average Bonchev–Trinajstić information content (AvgIpc) is 2.72. The molecule has 1 aliphatic rings. The number of hydrogen-bond acceptors (Lipinski definition) is 3. The van der Waals surface area contributed by atoms with Gasteiger partial charge in [0, 0.05) is 12.6 Å². The molecule has 0 heterocycles. The summed E-state index contributed by atoms with van der Waals surface area (Å²) in [7, 11) is 0. The number of benzene rings is 2. The molecule has 0 aromatic heterocycles. The summed E-state index contributed by atoms with van der Waals surface area (Å²) in [6.45, 7) is 0.407. The maximum absolute atomic E-state index is 13.2. The van der Waals surface area contributed by atoms with Gasteiger partial charge in [-0.1, -0.05) is 31.4 Å². The first kappa shape index (κ1) is 18.9. The van der Waals surface area contributed by atoms with Gasteiger partial charge in [-0.3, -0.25) is 4.79 Å². The highest BCUT2D eigenvalue weighted by atomic mass is 19.1. The molecule has 1 fully saturated rings. The first-order chi connectivity index (χ1) is 13.2. The predicted octanol–water partition coefficient (Wildman–Crippen LogP) is 4.44. The van der Waals surface area contributed by atoms with Gasteiger partial charge in [0.25, 0.3) is 5.91 Å². The minimum atomic E-state index is -0.279. The summed E-state index contributed by atoms with van der Waals surface area (Å²) in [5.41, 5.74) is 1.46. The largest absolute Gasteiger partial charge is 0.484 e. The van der Waals surface area contributed by atoms with E-state index < -0.39 is 0 Å². The van der Waals surface area contributed by atoms with Crippen molar-refractivity contribution in [3.8, 4) is 11.8 Å². The molecule has 0 unspecified atom stereocenters. The van der Waals surface area contributed by atoms with Gasteiger partial charge in [-0.15, -0.1) is 0 Å². The van der Waals surface area contributed by atoms with E-state index in [1.54, 1.807) is 36.4 Å². The number of halogens is 1. The van der Waals surface area contributed by atoms with E-state index in [0.717, 1.165) is 31.2 Å². The van der Waals surface area contributed by atoms with E-state index in [9.17, 15) is 9.18 Å². The molecular weight excluding hydrogens is 343 g/mol. The second kappa shape index (κ2) is 9.18. The number of carbonyl (C=O) groups is 1. The molecule has 1 aliphatic carbocycles. The van der Waals surface area contributed by atoms with Crippen LogP contribution in [0.25, 0.3) is 0 Å². The Balaban J connectivity index is 1.67. The lowest BCUT2D eigenvalue weighted by Crippen LogP contribution is -2.43. The van der Waals surface area contributed by atoms with Crippen LogP contribution in [0.15, 0.2) is 48.5 Å². The first-order valence-electron chi connectivity index (χ1n) is 9.32. The Labute approximate surface area is 159 Å². The van der Waals surface area contributed by atoms with Crippen LogP contribution in [0.2, 0.25) is 0 Å². The zero-order valence-corrected chi connectivity index (χ0v) is 15.2. The molecule has 1 amide bonds. The minimum absolute atomic E-state index is 0.0520. The zero-order valence-electron chi connectivity index (χ0n) is 15.2. The molecule has 27 heavy (non-hydrogen) atoms. The fraction of sp³-hybridized carbons (Fsp3) is 0.364. The lowest BCUT2D eigenvalue weighted by molar-refractivity contribution is -0.137. The van der Waals surface area contributed by atoms with Crippen LogP contribution < -0.4 is 4.74 Å². The van der Waals surface area contributed by atoms with Crippen molar-refractivity contribution in [1.29, 1.82) is 5.26 Å². The van der Waals surface area contributed by atoms with Crippen molar-refractivity contribution >= 4 is 5.91 Å². The second-order valence-corrected chi connectivity index (χ2v) is 6.86. The number of nitrogens with zero attached hydrogens (tertiary/aromatic N) is 2. The molecular formula is C22H23FN2O2. The number of hydrogen-bond donors (Lipinski definition) is 0. The van der Waals surface area contributed by atoms with E-state index in [1.807, 2.05) is 4.90 Å². The van der Waals surface area contributed by atoms with Gasteiger partial charge >= 0.3 is 0 Å². The molecule has 140 valence electrons. The molecule has 0 bridgehead atoms. The van der Waals surface area contributed by atoms with E-state index in [1.165, 1.54) is 18.6 Å². The normalized spacial score (nSPS) is 14.4. The Morgan fingerprint density at radius 3 is 2.37 bits per heavy atom. The topological polar surface area (TPSA) is 53.3 Å². The molecule has 5 heteroatoms. The van der Waals surface area contributed by atoms with E-state index in [0.29, 0.717) is 17.9 Å². The van der Waals surface area contributed by atoms with Crippen molar-refractivity contribution in [1.82, 2.24) is 4.90 Å². The van der Waals surface area contributed by atoms with E-state index in [4.69, 9.17) is 10.00 Å². The Bertz CT molecular complexity index is 791. The van der Waals surface area contributed by atoms with Crippen molar-refractivity contribution in [3.63, 3.8) is 0 Å². The van der Waals surface area contributed by atoms with E-state index >= 15 is 0 Å². The average molecular weight is 366 g/mol. The Morgan fingerprint density at radius 1 is 1.07 bits per heavy atom. The molecule has 0 radical (unpaired) electrons. The molecule has 3 rings (SSSR count). The monoisotopic (exact) mass is 366 g/mol. The highest BCUT2D eigenvalue weighted by Gasteiger charge is 2.26. The van der Waals surface area contributed by atoms with Crippen molar-refractivity contribution in [2.24, 2.45) is 0 Å². The van der Waals surface area contributed by atoms with Gasteiger partial charge in [0.1, 0.15) is 11.6 Å². The Hall–Kier alpha value is -2.87. The predicted molar refractivity (Wildman–Crippen MR) is 100 cm³/mol. The quantitative estimate of drug-likeness (QED) is 0.759. The van der Waals surface area contributed by atoms with Gasteiger partial charge in [-0.2, -0.15) is 5.26 Å². The van der Waals surface area contributed by atoms with Crippen molar-refractivity contribution < 1.29 is 13.9 Å². The van der Waals surface area contributed by atoms with Crippen LogP contribution in [0.5, 0.6) is 5.75 Å². The van der Waals surface area contributed by atoms with Crippen molar-refractivity contribution in [2.45, 2.75) is 44.7 Å². The molecule has 1 saturated carbocycles. The van der Waals surface area contributed by atoms with Gasteiger partial charge in [-0.05, 0) is 54.8 Å². The van der Waals surface area contributed by atoms with Crippen LogP contribution in [0, 0.1) is 17.1 Å². The van der Waals surface area contributed by atoms with Gasteiger partial charge in [0.2, 0.25) is 0 Å². The Kier molecular flexibility index (Phi) is 6.43. The third-order valence-electron chi connectivity index (χ3n) is 4.95. The molecule has 0 atom stereocenters. The van der Waals surface area contributed by atoms with Gasteiger partial charge in [-0.25, -0.2) is 4.39 Å². The number of rotatable bonds is 6. The summed E-state index contributed by atoms with van der Waals surface area (Å²) in [5.74, 6) is 0.210. The van der Waals surface area contributed by atoms with Crippen molar-refractivity contribution in [3.05, 3.63) is 65.5 Å². The van der Waals surface area contributed by atoms with Crippen LogP contribution in [-0.4, -0.2) is 23.5 Å². The van der Waals surface area contributed by atoms with Crippen LogP contribution in [0.1, 0.15) is 43.2 Å². The maximum Gasteiger partial charge on any atom is 0.261 e. The van der Waals surface area contributed by atoms with E-state index in [2.05, 4.69) is 6.07 Å². The molecule has 4 nitrogen and oxygen atoms in total. The number of nitriles is 1. The third kappa shape index (κ3) is 5.30. The van der Waals surface area contributed by atoms with Crippen LogP contribution in [0.3, 0.4) is 0 Å². The second-order valence-electron chi connectivity index (χ2n) is 6.86. The summed E-state index contributed by atoms with van der Waals surface area (Å²) in [4.78, 5) is 14.8. The van der Waals surface area contributed by atoms with Crippen LogP contribution in [-0.2, 0) is 11.3 Å². The van der Waals surface area contributed by atoms with Gasteiger partial charge in [0.05, 0.1) is 11.6 Å².